The molecule has 0 saturated heterocycles. The molecule has 2 aliphatic rings. The van der Waals surface area contributed by atoms with E-state index in [1.165, 1.54) is 12.1 Å². The number of rotatable bonds is 2. The second-order valence-corrected chi connectivity index (χ2v) is 6.39. The van der Waals surface area contributed by atoms with Gasteiger partial charge in [-0.2, -0.15) is 0 Å². The van der Waals surface area contributed by atoms with Crippen LogP contribution in [0.5, 0.6) is 0 Å². The molecule has 25 heavy (non-hydrogen) atoms. The lowest BCUT2D eigenvalue weighted by Crippen LogP contribution is -2.30. The maximum Gasteiger partial charge on any atom is 0.339 e. The highest BCUT2D eigenvalue weighted by Crippen LogP contribution is 2.36. The monoisotopic (exact) mass is 343 g/mol. The van der Waals surface area contributed by atoms with Gasteiger partial charge in [-0.1, -0.05) is 12.1 Å². The quantitative estimate of drug-likeness (QED) is 0.639. The number of esters is 1. The minimum Gasteiger partial charge on any atom is -0.451 e. The number of benzene rings is 1. The maximum atomic E-state index is 13.7. The van der Waals surface area contributed by atoms with Crippen LogP contribution in [-0.2, 0) is 14.3 Å². The molecule has 0 saturated carbocycles. The van der Waals surface area contributed by atoms with Gasteiger partial charge in [0.05, 0.1) is 11.3 Å². The molecule has 1 aromatic rings. The van der Waals surface area contributed by atoms with Crippen molar-refractivity contribution < 1.29 is 18.7 Å². The smallest absolute Gasteiger partial charge is 0.339 e. The number of hydrogen-bond donors (Lipinski definition) is 2. The zero-order valence-corrected chi connectivity index (χ0v) is 14.4. The second-order valence-electron chi connectivity index (χ2n) is 6.39. The summed E-state index contributed by atoms with van der Waals surface area (Å²) in [7, 11) is 0. The third kappa shape index (κ3) is 2.93. The molecule has 6 nitrogen and oxygen atoms in total. The normalized spacial score (nSPS) is 21.1. The number of guanidine groups is 1. The molecular weight excluding hydrogens is 325 g/mol. The lowest BCUT2D eigenvalue weighted by Gasteiger charge is -2.18. The lowest BCUT2D eigenvalue weighted by molar-refractivity contribution is -0.144. The van der Waals surface area contributed by atoms with Gasteiger partial charge in [0.15, 0.2) is 0 Å². The molecule has 0 atom stereocenters. The van der Waals surface area contributed by atoms with Crippen molar-refractivity contribution in [1.82, 2.24) is 5.32 Å². The van der Waals surface area contributed by atoms with Crippen LogP contribution in [0.1, 0.15) is 27.7 Å². The number of carbonyl (C=O) groups is 2. The van der Waals surface area contributed by atoms with Crippen molar-refractivity contribution in [3.8, 4) is 0 Å². The van der Waals surface area contributed by atoms with Gasteiger partial charge in [-0.05, 0) is 51.0 Å². The predicted octanol–water partition coefficient (Wildman–Crippen LogP) is 2.65. The number of aliphatic imine (C=N–C) groups is 1. The fraction of sp³-hybridized carbons (Fsp3) is 0.278. The molecule has 0 radical (unpaired) electrons. The first kappa shape index (κ1) is 16.9. The van der Waals surface area contributed by atoms with E-state index >= 15 is 0 Å². The molecule has 7 heteroatoms. The van der Waals surface area contributed by atoms with Gasteiger partial charge >= 0.3 is 5.97 Å². The van der Waals surface area contributed by atoms with Crippen molar-refractivity contribution in [1.29, 1.82) is 0 Å². The number of carbonyl (C=O) groups excluding carboxylic acids is 2. The standard InChI is InChI=1S/C18H18FN3O3/c1-9(13-10(2)18(3,4)25-16(13)24)14-15(23)22-17(21-14)20-12-8-6-5-7-11(12)19/h5-8H,1-4H3,(H2,20,21,22,23)/b14-9-. The average Bonchev–Trinajstić information content (AvgIpc) is 2.98. The summed E-state index contributed by atoms with van der Waals surface area (Å²) in [4.78, 5) is 28.6. The number of para-hydroxylation sites is 1. The van der Waals surface area contributed by atoms with Crippen LogP contribution in [0.3, 0.4) is 0 Å². The number of ether oxygens (including phenoxy) is 1. The Morgan fingerprint density at radius 1 is 1.28 bits per heavy atom. The van der Waals surface area contributed by atoms with Gasteiger partial charge in [0.1, 0.15) is 17.1 Å². The Kier molecular flexibility index (Phi) is 3.94. The SMILES string of the molecule is CC1=C(/C(C)=C2\N=C(Nc3ccccc3F)NC2=O)C(=O)OC1(C)C. The Hall–Kier alpha value is -2.96. The number of nitrogens with one attached hydrogen (secondary N) is 2. The van der Waals surface area contributed by atoms with Gasteiger partial charge in [-0.15, -0.1) is 0 Å². The summed E-state index contributed by atoms with van der Waals surface area (Å²) in [6.07, 6.45) is 0. The van der Waals surface area contributed by atoms with Crippen molar-refractivity contribution in [3.63, 3.8) is 0 Å². The molecule has 2 heterocycles. The van der Waals surface area contributed by atoms with E-state index in [9.17, 15) is 14.0 Å². The van der Waals surface area contributed by atoms with Crippen molar-refractivity contribution >= 4 is 23.5 Å². The molecule has 0 bridgehead atoms. The fourth-order valence-corrected chi connectivity index (χ4v) is 2.73. The summed E-state index contributed by atoms with van der Waals surface area (Å²) >= 11 is 0. The van der Waals surface area contributed by atoms with E-state index in [4.69, 9.17) is 4.74 Å². The fourth-order valence-electron chi connectivity index (χ4n) is 2.73. The van der Waals surface area contributed by atoms with Crippen molar-refractivity contribution in [2.45, 2.75) is 33.3 Å². The van der Waals surface area contributed by atoms with Gasteiger partial charge < -0.3 is 10.1 Å². The molecule has 2 N–H and O–H groups in total. The average molecular weight is 343 g/mol. The van der Waals surface area contributed by atoms with E-state index in [0.29, 0.717) is 11.1 Å². The highest BCUT2D eigenvalue weighted by Gasteiger charge is 2.40. The zero-order chi connectivity index (χ0) is 18.4. The van der Waals surface area contributed by atoms with Gasteiger partial charge in [-0.3, -0.25) is 10.1 Å². The van der Waals surface area contributed by atoms with Crippen molar-refractivity contribution in [3.05, 3.63) is 52.5 Å². The molecule has 0 aromatic heterocycles. The summed E-state index contributed by atoms with van der Waals surface area (Å²) in [6, 6.07) is 6.05. The third-order valence-corrected chi connectivity index (χ3v) is 4.36. The maximum absolute atomic E-state index is 13.7. The van der Waals surface area contributed by atoms with E-state index in [-0.39, 0.29) is 17.3 Å². The number of anilines is 1. The minimum atomic E-state index is -0.721. The van der Waals surface area contributed by atoms with Crippen LogP contribution in [0.15, 0.2) is 51.7 Å². The molecule has 0 spiro atoms. The number of cyclic esters (lactones) is 1. The molecule has 3 rings (SSSR count). The van der Waals surface area contributed by atoms with E-state index < -0.39 is 23.3 Å². The van der Waals surface area contributed by atoms with Crippen molar-refractivity contribution in [2.75, 3.05) is 5.32 Å². The molecule has 2 aliphatic heterocycles. The number of amides is 1. The predicted molar refractivity (Wildman–Crippen MR) is 91.2 cm³/mol. The molecule has 0 unspecified atom stereocenters. The van der Waals surface area contributed by atoms with E-state index in [1.807, 2.05) is 0 Å². The van der Waals surface area contributed by atoms with Crippen LogP contribution in [0, 0.1) is 5.82 Å². The molecular formula is C18H18FN3O3. The first-order valence-electron chi connectivity index (χ1n) is 7.78. The van der Waals surface area contributed by atoms with Crippen LogP contribution in [-0.4, -0.2) is 23.4 Å². The Morgan fingerprint density at radius 2 is 1.96 bits per heavy atom. The Labute approximate surface area is 144 Å². The number of nitrogens with zero attached hydrogens (tertiary/aromatic N) is 1. The summed E-state index contributed by atoms with van der Waals surface area (Å²) in [5, 5.41) is 5.27. The topological polar surface area (TPSA) is 79.8 Å². The van der Waals surface area contributed by atoms with E-state index in [2.05, 4.69) is 15.6 Å². The lowest BCUT2D eigenvalue weighted by atomic mass is 9.93. The molecule has 0 aliphatic carbocycles. The Balaban J connectivity index is 1.97. The molecule has 0 fully saturated rings. The molecule has 130 valence electrons. The summed E-state index contributed by atoms with van der Waals surface area (Å²) in [6.45, 7) is 7.01. The Morgan fingerprint density at radius 3 is 2.56 bits per heavy atom. The van der Waals surface area contributed by atoms with E-state index in [1.54, 1.807) is 39.8 Å². The number of hydrogen-bond acceptors (Lipinski definition) is 5. The van der Waals surface area contributed by atoms with Crippen LogP contribution in [0.25, 0.3) is 0 Å². The third-order valence-electron chi connectivity index (χ3n) is 4.36. The van der Waals surface area contributed by atoms with Crippen LogP contribution < -0.4 is 10.6 Å². The highest BCUT2D eigenvalue weighted by molar-refractivity contribution is 6.17. The minimum absolute atomic E-state index is 0.0999. The van der Waals surface area contributed by atoms with Crippen molar-refractivity contribution in [2.24, 2.45) is 4.99 Å². The molecule has 1 amide bonds. The Bertz CT molecular complexity index is 881. The largest absolute Gasteiger partial charge is 0.451 e. The van der Waals surface area contributed by atoms with Gasteiger partial charge in [0.25, 0.3) is 5.91 Å². The van der Waals surface area contributed by atoms with Gasteiger partial charge in [0.2, 0.25) is 5.96 Å². The highest BCUT2D eigenvalue weighted by atomic mass is 19.1. The molecule has 1 aromatic carbocycles. The summed E-state index contributed by atoms with van der Waals surface area (Å²) in [5.74, 6) is -1.30. The van der Waals surface area contributed by atoms with Crippen LogP contribution in [0.4, 0.5) is 10.1 Å². The van der Waals surface area contributed by atoms with E-state index in [0.717, 1.165) is 5.57 Å². The van der Waals surface area contributed by atoms with Crippen LogP contribution in [0.2, 0.25) is 0 Å². The van der Waals surface area contributed by atoms with Crippen LogP contribution >= 0.6 is 0 Å². The summed E-state index contributed by atoms with van der Waals surface area (Å²) in [5.41, 5.74) is 1.09. The second kappa shape index (κ2) is 5.84. The zero-order valence-electron chi connectivity index (χ0n) is 14.4. The van der Waals surface area contributed by atoms with Gasteiger partial charge in [0, 0.05) is 0 Å². The first-order chi connectivity index (χ1) is 11.7. The number of halogens is 1. The summed E-state index contributed by atoms with van der Waals surface area (Å²) < 4.78 is 19.1. The first-order valence-corrected chi connectivity index (χ1v) is 7.78. The van der Waals surface area contributed by atoms with Gasteiger partial charge in [-0.25, -0.2) is 14.2 Å².